The van der Waals surface area contributed by atoms with Gasteiger partial charge in [-0.15, -0.1) is 0 Å². The molecule has 0 aliphatic carbocycles. The van der Waals surface area contributed by atoms with Gasteiger partial charge >= 0.3 is 0 Å². The lowest BCUT2D eigenvalue weighted by molar-refractivity contribution is 0.392. The van der Waals surface area contributed by atoms with E-state index < -0.39 is 0 Å². The van der Waals surface area contributed by atoms with Crippen molar-refractivity contribution in [3.8, 4) is 5.75 Å². The maximum atomic E-state index is 10.2. The number of phenolic OH excluding ortho intramolecular Hbond substituents is 1. The van der Waals surface area contributed by atoms with Crippen LogP contribution in [0.25, 0.3) is 10.8 Å². The van der Waals surface area contributed by atoms with Gasteiger partial charge in [0.25, 0.3) is 0 Å². The van der Waals surface area contributed by atoms with E-state index >= 15 is 0 Å². The van der Waals surface area contributed by atoms with Gasteiger partial charge in [-0.1, -0.05) is 28.4 Å². The van der Waals surface area contributed by atoms with E-state index in [2.05, 4.69) is 33.4 Å². The lowest BCUT2D eigenvalue weighted by atomic mass is 9.95. The molecule has 0 aromatic heterocycles. The van der Waals surface area contributed by atoms with Gasteiger partial charge in [-0.2, -0.15) is 0 Å². The normalized spacial score (nSPS) is 19.7. The van der Waals surface area contributed by atoms with Gasteiger partial charge in [-0.3, -0.25) is 0 Å². The van der Waals surface area contributed by atoms with Crippen LogP contribution in [0, 0.1) is 0 Å². The summed E-state index contributed by atoms with van der Waals surface area (Å²) in [6.07, 6.45) is 4.68. The van der Waals surface area contributed by atoms with E-state index in [9.17, 15) is 5.11 Å². The van der Waals surface area contributed by atoms with Crippen LogP contribution in [0.15, 0.2) is 34.8 Å². The molecular weight excluding hydrogens is 302 g/mol. The highest BCUT2D eigenvalue weighted by Gasteiger charge is 2.15. The highest BCUT2D eigenvalue weighted by Crippen LogP contribution is 2.29. The third kappa shape index (κ3) is 2.93. The van der Waals surface area contributed by atoms with Crippen LogP contribution in [0.4, 0.5) is 0 Å². The molecule has 3 heteroatoms. The first-order valence-electron chi connectivity index (χ1n) is 6.87. The summed E-state index contributed by atoms with van der Waals surface area (Å²) in [6.45, 7) is 1.10. The molecule has 0 spiro atoms. The number of hydrogen-bond acceptors (Lipinski definition) is 2. The molecular formula is C16H18BrNO. The van der Waals surface area contributed by atoms with Gasteiger partial charge in [-0.05, 0) is 66.4 Å². The van der Waals surface area contributed by atoms with Crippen molar-refractivity contribution < 1.29 is 5.11 Å². The number of hydrogen-bond donors (Lipinski definition) is 2. The molecule has 1 unspecified atom stereocenters. The molecule has 0 radical (unpaired) electrons. The largest absolute Gasteiger partial charge is 0.508 e. The Hall–Kier alpha value is -1.06. The van der Waals surface area contributed by atoms with E-state index in [1.54, 1.807) is 0 Å². The van der Waals surface area contributed by atoms with Crippen LogP contribution >= 0.6 is 15.9 Å². The Bertz CT molecular complexity index is 591. The van der Waals surface area contributed by atoms with Crippen molar-refractivity contribution in [2.75, 3.05) is 6.54 Å². The van der Waals surface area contributed by atoms with Gasteiger partial charge in [0.05, 0.1) is 0 Å². The maximum absolute atomic E-state index is 10.2. The average molecular weight is 320 g/mol. The van der Waals surface area contributed by atoms with Gasteiger partial charge in [-0.25, -0.2) is 0 Å². The van der Waals surface area contributed by atoms with Gasteiger partial charge in [0.2, 0.25) is 0 Å². The van der Waals surface area contributed by atoms with Crippen molar-refractivity contribution in [1.29, 1.82) is 0 Å². The Balaban J connectivity index is 1.91. The predicted molar refractivity (Wildman–Crippen MR) is 82.7 cm³/mol. The van der Waals surface area contributed by atoms with E-state index in [1.165, 1.54) is 24.6 Å². The summed E-state index contributed by atoms with van der Waals surface area (Å²) >= 11 is 3.50. The van der Waals surface area contributed by atoms with Crippen LogP contribution in [-0.2, 0) is 6.42 Å². The number of aromatic hydroxyl groups is 1. The second-order valence-electron chi connectivity index (χ2n) is 5.32. The number of halogens is 1. The fraction of sp³-hybridized carbons (Fsp3) is 0.375. The number of phenols is 1. The average Bonchev–Trinajstić information content (AvgIpc) is 2.41. The van der Waals surface area contributed by atoms with Gasteiger partial charge in [0.1, 0.15) is 5.75 Å². The van der Waals surface area contributed by atoms with Crippen LogP contribution in [-0.4, -0.2) is 17.7 Å². The number of nitrogens with one attached hydrogen (secondary N) is 1. The van der Waals surface area contributed by atoms with Crippen LogP contribution in [0.5, 0.6) is 5.75 Å². The summed E-state index contributed by atoms with van der Waals surface area (Å²) in [4.78, 5) is 0. The fourth-order valence-electron chi connectivity index (χ4n) is 2.83. The zero-order chi connectivity index (χ0) is 13.2. The summed E-state index contributed by atoms with van der Waals surface area (Å²) in [7, 11) is 0. The first-order valence-corrected chi connectivity index (χ1v) is 7.66. The van der Waals surface area contributed by atoms with Crippen LogP contribution < -0.4 is 5.32 Å². The van der Waals surface area contributed by atoms with E-state index in [-0.39, 0.29) is 0 Å². The molecule has 1 fully saturated rings. The second kappa shape index (κ2) is 5.51. The SMILES string of the molecule is Oc1cc2ccc(Br)cc2cc1CC1CCCCN1. The summed E-state index contributed by atoms with van der Waals surface area (Å²) in [6, 6.07) is 10.6. The summed E-state index contributed by atoms with van der Waals surface area (Å²) in [5.74, 6) is 0.419. The van der Waals surface area contributed by atoms with Crippen LogP contribution in [0.1, 0.15) is 24.8 Å². The highest BCUT2D eigenvalue weighted by molar-refractivity contribution is 9.10. The molecule has 0 saturated carbocycles. The summed E-state index contributed by atoms with van der Waals surface area (Å²) in [5, 5.41) is 16.0. The standard InChI is InChI=1S/C16H18BrNO/c17-14-5-4-11-10-16(19)13(7-12(11)8-14)9-15-3-1-2-6-18-15/h4-5,7-8,10,15,18-19H,1-3,6,9H2. The molecule has 1 aliphatic rings. The highest BCUT2D eigenvalue weighted by atomic mass is 79.9. The number of piperidine rings is 1. The summed E-state index contributed by atoms with van der Waals surface area (Å²) < 4.78 is 1.08. The van der Waals surface area contributed by atoms with Crippen molar-refractivity contribution in [2.45, 2.75) is 31.7 Å². The molecule has 1 saturated heterocycles. The van der Waals surface area contributed by atoms with Gasteiger partial charge < -0.3 is 10.4 Å². The van der Waals surface area contributed by atoms with E-state index in [4.69, 9.17) is 0 Å². The van der Waals surface area contributed by atoms with Gasteiger partial charge in [0.15, 0.2) is 0 Å². The molecule has 0 amide bonds. The minimum atomic E-state index is 0.419. The molecule has 1 aliphatic heterocycles. The van der Waals surface area contributed by atoms with E-state index in [0.717, 1.165) is 28.4 Å². The maximum Gasteiger partial charge on any atom is 0.119 e. The van der Waals surface area contributed by atoms with Crippen molar-refractivity contribution in [2.24, 2.45) is 0 Å². The molecule has 1 atom stereocenters. The fourth-order valence-corrected chi connectivity index (χ4v) is 3.21. The molecule has 100 valence electrons. The number of rotatable bonds is 2. The minimum Gasteiger partial charge on any atom is -0.508 e. The summed E-state index contributed by atoms with van der Waals surface area (Å²) in [5.41, 5.74) is 1.05. The zero-order valence-corrected chi connectivity index (χ0v) is 12.4. The number of fused-ring (bicyclic) bond motifs is 1. The molecule has 2 nitrogen and oxygen atoms in total. The predicted octanol–water partition coefficient (Wildman–Crippen LogP) is 3.99. The lowest BCUT2D eigenvalue weighted by Crippen LogP contribution is -2.35. The molecule has 2 N–H and O–H groups in total. The van der Waals surface area contributed by atoms with Crippen molar-refractivity contribution >= 4 is 26.7 Å². The molecule has 3 rings (SSSR count). The minimum absolute atomic E-state index is 0.419. The Morgan fingerprint density at radius 1 is 1.16 bits per heavy atom. The zero-order valence-electron chi connectivity index (χ0n) is 10.8. The number of benzene rings is 2. The first kappa shape index (κ1) is 12.9. The smallest absolute Gasteiger partial charge is 0.119 e. The molecule has 2 aromatic rings. The first-order chi connectivity index (χ1) is 9.22. The Kier molecular flexibility index (Phi) is 3.76. The van der Waals surface area contributed by atoms with E-state index in [0.29, 0.717) is 11.8 Å². The van der Waals surface area contributed by atoms with E-state index in [1.807, 2.05) is 18.2 Å². The molecule has 2 aromatic carbocycles. The van der Waals surface area contributed by atoms with Crippen molar-refractivity contribution in [1.82, 2.24) is 5.32 Å². The van der Waals surface area contributed by atoms with Gasteiger partial charge in [0, 0.05) is 10.5 Å². The monoisotopic (exact) mass is 319 g/mol. The Morgan fingerprint density at radius 3 is 2.84 bits per heavy atom. The topological polar surface area (TPSA) is 32.3 Å². The third-order valence-electron chi connectivity index (χ3n) is 3.88. The molecule has 1 heterocycles. The Morgan fingerprint density at radius 2 is 2.05 bits per heavy atom. The lowest BCUT2D eigenvalue weighted by Gasteiger charge is -2.24. The van der Waals surface area contributed by atoms with Crippen LogP contribution in [0.2, 0.25) is 0 Å². The second-order valence-corrected chi connectivity index (χ2v) is 6.24. The van der Waals surface area contributed by atoms with Crippen molar-refractivity contribution in [3.05, 3.63) is 40.4 Å². The molecule has 19 heavy (non-hydrogen) atoms. The van der Waals surface area contributed by atoms with Crippen molar-refractivity contribution in [3.63, 3.8) is 0 Å². The quantitative estimate of drug-likeness (QED) is 0.877. The molecule has 0 bridgehead atoms. The Labute approximate surface area is 122 Å². The van der Waals surface area contributed by atoms with Crippen LogP contribution in [0.3, 0.4) is 0 Å². The third-order valence-corrected chi connectivity index (χ3v) is 4.37.